The van der Waals surface area contributed by atoms with Crippen LogP contribution in [0.1, 0.15) is 31.7 Å². The third-order valence-electron chi connectivity index (χ3n) is 3.14. The van der Waals surface area contributed by atoms with Crippen LogP contribution in [0.5, 0.6) is 0 Å². The summed E-state index contributed by atoms with van der Waals surface area (Å²) in [5.41, 5.74) is 0.860. The van der Waals surface area contributed by atoms with E-state index in [0.29, 0.717) is 24.4 Å². The van der Waals surface area contributed by atoms with Gasteiger partial charge in [-0.15, -0.1) is 0 Å². The first kappa shape index (κ1) is 17.9. The van der Waals surface area contributed by atoms with Gasteiger partial charge >= 0.3 is 6.03 Å². The molecular weight excluding hydrogens is 286 g/mol. The predicted octanol–water partition coefficient (Wildman–Crippen LogP) is 3.23. The van der Waals surface area contributed by atoms with Crippen molar-refractivity contribution in [3.05, 3.63) is 33.9 Å². The van der Waals surface area contributed by atoms with Crippen molar-refractivity contribution in [1.29, 1.82) is 0 Å². The molecular formula is C15H23N3O4. The van der Waals surface area contributed by atoms with Gasteiger partial charge in [0.05, 0.1) is 16.2 Å². The van der Waals surface area contributed by atoms with Crippen LogP contribution in [-0.4, -0.2) is 30.7 Å². The Morgan fingerprint density at radius 3 is 2.73 bits per heavy atom. The maximum absolute atomic E-state index is 11.7. The molecule has 0 aliphatic carbocycles. The number of hydrogen-bond donors (Lipinski definition) is 2. The molecule has 0 aliphatic rings. The molecule has 2 amide bonds. The SMILES string of the molecule is CCCCOCCCNC(=O)Nc1cccc([N+](=O)[O-])c1C. The number of urea groups is 1. The van der Waals surface area contributed by atoms with E-state index >= 15 is 0 Å². The second-order valence-electron chi connectivity index (χ2n) is 4.91. The molecule has 22 heavy (non-hydrogen) atoms. The Morgan fingerprint density at radius 2 is 2.05 bits per heavy atom. The molecule has 0 bridgehead atoms. The Morgan fingerprint density at radius 1 is 1.32 bits per heavy atom. The highest BCUT2D eigenvalue weighted by atomic mass is 16.6. The fraction of sp³-hybridized carbons (Fsp3) is 0.533. The topological polar surface area (TPSA) is 93.5 Å². The molecule has 1 rings (SSSR count). The molecule has 0 fully saturated rings. The van der Waals surface area contributed by atoms with Gasteiger partial charge in [0.15, 0.2) is 0 Å². The maximum atomic E-state index is 11.7. The lowest BCUT2D eigenvalue weighted by atomic mass is 10.1. The van der Waals surface area contributed by atoms with Crippen molar-refractivity contribution >= 4 is 17.4 Å². The largest absolute Gasteiger partial charge is 0.381 e. The van der Waals surface area contributed by atoms with Gasteiger partial charge in [0.2, 0.25) is 0 Å². The quantitative estimate of drug-likeness (QED) is 0.416. The number of amides is 2. The number of unbranched alkanes of at least 4 members (excludes halogenated alkanes) is 1. The number of nitrogens with one attached hydrogen (secondary N) is 2. The van der Waals surface area contributed by atoms with Gasteiger partial charge in [-0.1, -0.05) is 19.4 Å². The summed E-state index contributed by atoms with van der Waals surface area (Å²) in [6.07, 6.45) is 2.87. The minimum Gasteiger partial charge on any atom is -0.381 e. The molecule has 0 saturated carbocycles. The number of nitro groups is 1. The molecule has 1 aromatic rings. The summed E-state index contributed by atoms with van der Waals surface area (Å²) in [7, 11) is 0. The number of ether oxygens (including phenoxy) is 1. The van der Waals surface area contributed by atoms with E-state index in [-0.39, 0.29) is 11.7 Å². The molecule has 0 atom stereocenters. The van der Waals surface area contributed by atoms with E-state index in [1.54, 1.807) is 19.1 Å². The van der Waals surface area contributed by atoms with Gasteiger partial charge in [-0.05, 0) is 25.8 Å². The summed E-state index contributed by atoms with van der Waals surface area (Å²) in [6, 6.07) is 4.21. The Bertz CT molecular complexity index is 506. The fourth-order valence-corrected chi connectivity index (χ4v) is 1.85. The smallest absolute Gasteiger partial charge is 0.319 e. The van der Waals surface area contributed by atoms with Gasteiger partial charge in [0.25, 0.3) is 5.69 Å². The molecule has 7 heteroatoms. The molecule has 0 aliphatic heterocycles. The molecule has 0 heterocycles. The fourth-order valence-electron chi connectivity index (χ4n) is 1.85. The molecule has 0 unspecified atom stereocenters. The Labute approximate surface area is 130 Å². The summed E-state index contributed by atoms with van der Waals surface area (Å²) in [5.74, 6) is 0. The molecule has 0 spiro atoms. The van der Waals surface area contributed by atoms with Gasteiger partial charge in [-0.3, -0.25) is 10.1 Å². The number of anilines is 1. The van der Waals surface area contributed by atoms with Crippen LogP contribution < -0.4 is 10.6 Å². The standard InChI is InChI=1S/C15H23N3O4/c1-3-4-10-22-11-6-9-16-15(19)17-13-7-5-8-14(12(13)2)18(20)21/h5,7-8H,3-4,6,9-11H2,1-2H3,(H2,16,17,19). The Hall–Kier alpha value is -2.15. The van der Waals surface area contributed by atoms with Crippen molar-refractivity contribution in [2.24, 2.45) is 0 Å². The molecule has 0 saturated heterocycles. The van der Waals surface area contributed by atoms with E-state index in [2.05, 4.69) is 17.6 Å². The van der Waals surface area contributed by atoms with Crippen LogP contribution in [0.3, 0.4) is 0 Å². The number of nitro benzene ring substituents is 1. The zero-order valence-corrected chi connectivity index (χ0v) is 13.1. The van der Waals surface area contributed by atoms with Crippen LogP contribution in [0.15, 0.2) is 18.2 Å². The highest BCUT2D eigenvalue weighted by Gasteiger charge is 2.14. The summed E-state index contributed by atoms with van der Waals surface area (Å²) in [4.78, 5) is 22.1. The monoisotopic (exact) mass is 309 g/mol. The number of carbonyl (C=O) groups excluding carboxylic acids is 1. The van der Waals surface area contributed by atoms with Crippen molar-refractivity contribution in [2.45, 2.75) is 33.1 Å². The van der Waals surface area contributed by atoms with Crippen molar-refractivity contribution in [3.8, 4) is 0 Å². The number of carbonyl (C=O) groups is 1. The van der Waals surface area contributed by atoms with E-state index < -0.39 is 4.92 Å². The lowest BCUT2D eigenvalue weighted by Gasteiger charge is -2.10. The second-order valence-corrected chi connectivity index (χ2v) is 4.91. The molecule has 122 valence electrons. The van der Waals surface area contributed by atoms with Crippen LogP contribution in [0.4, 0.5) is 16.2 Å². The third-order valence-corrected chi connectivity index (χ3v) is 3.14. The summed E-state index contributed by atoms with van der Waals surface area (Å²) < 4.78 is 5.39. The van der Waals surface area contributed by atoms with Crippen molar-refractivity contribution in [1.82, 2.24) is 5.32 Å². The average Bonchev–Trinajstić information content (AvgIpc) is 2.48. The van der Waals surface area contributed by atoms with Gasteiger partial charge in [-0.25, -0.2) is 4.79 Å². The van der Waals surface area contributed by atoms with Crippen LogP contribution in [0.2, 0.25) is 0 Å². The van der Waals surface area contributed by atoms with E-state index in [1.165, 1.54) is 6.07 Å². The van der Waals surface area contributed by atoms with Crippen molar-refractivity contribution < 1.29 is 14.5 Å². The number of benzene rings is 1. The maximum Gasteiger partial charge on any atom is 0.319 e. The normalized spacial score (nSPS) is 10.3. The first-order valence-electron chi connectivity index (χ1n) is 7.42. The van der Waals surface area contributed by atoms with E-state index in [0.717, 1.165) is 25.9 Å². The van der Waals surface area contributed by atoms with E-state index in [1.807, 2.05) is 0 Å². The predicted molar refractivity (Wildman–Crippen MR) is 85.2 cm³/mol. The summed E-state index contributed by atoms with van der Waals surface area (Å²) in [5, 5.41) is 16.2. The molecule has 7 nitrogen and oxygen atoms in total. The number of rotatable bonds is 9. The van der Waals surface area contributed by atoms with Crippen molar-refractivity contribution in [3.63, 3.8) is 0 Å². The van der Waals surface area contributed by atoms with Gasteiger partial charge < -0.3 is 15.4 Å². The third kappa shape index (κ3) is 6.09. The lowest BCUT2D eigenvalue weighted by molar-refractivity contribution is -0.385. The zero-order chi connectivity index (χ0) is 16.4. The van der Waals surface area contributed by atoms with Crippen molar-refractivity contribution in [2.75, 3.05) is 25.1 Å². The average molecular weight is 309 g/mol. The summed E-state index contributed by atoms with van der Waals surface area (Å²) in [6.45, 7) is 5.55. The molecule has 2 N–H and O–H groups in total. The first-order chi connectivity index (χ1) is 10.6. The lowest BCUT2D eigenvalue weighted by Crippen LogP contribution is -2.30. The summed E-state index contributed by atoms with van der Waals surface area (Å²) >= 11 is 0. The van der Waals surface area contributed by atoms with Gasteiger partial charge in [-0.2, -0.15) is 0 Å². The van der Waals surface area contributed by atoms with Gasteiger partial charge in [0, 0.05) is 25.8 Å². The van der Waals surface area contributed by atoms with Gasteiger partial charge in [0.1, 0.15) is 0 Å². The van der Waals surface area contributed by atoms with E-state index in [4.69, 9.17) is 4.74 Å². The molecule has 1 aromatic carbocycles. The Kier molecular flexibility index (Phi) is 7.91. The first-order valence-corrected chi connectivity index (χ1v) is 7.42. The highest BCUT2D eigenvalue weighted by Crippen LogP contribution is 2.24. The molecule has 0 aromatic heterocycles. The number of hydrogen-bond acceptors (Lipinski definition) is 4. The van der Waals surface area contributed by atoms with E-state index in [9.17, 15) is 14.9 Å². The second kappa shape index (κ2) is 9.73. The zero-order valence-electron chi connectivity index (χ0n) is 13.1. The number of nitrogens with zero attached hydrogens (tertiary/aromatic N) is 1. The highest BCUT2D eigenvalue weighted by molar-refractivity contribution is 5.90. The van der Waals surface area contributed by atoms with Crippen LogP contribution in [0.25, 0.3) is 0 Å². The van der Waals surface area contributed by atoms with Crippen LogP contribution in [0, 0.1) is 17.0 Å². The van der Waals surface area contributed by atoms with Crippen LogP contribution >= 0.6 is 0 Å². The minimum absolute atomic E-state index is 0.0119. The minimum atomic E-state index is -0.466. The van der Waals surface area contributed by atoms with Crippen LogP contribution in [-0.2, 0) is 4.74 Å². The molecule has 0 radical (unpaired) electrons. The Balaban J connectivity index is 2.34.